The quantitative estimate of drug-likeness (QED) is 0.579. The Labute approximate surface area is 92.1 Å². The van der Waals surface area contributed by atoms with Gasteiger partial charge in [0.1, 0.15) is 0 Å². The molecular formula is C12H8NO3. The van der Waals surface area contributed by atoms with Gasteiger partial charge in [-0.15, -0.1) is 0 Å². The molecule has 0 bridgehead atoms. The lowest BCUT2D eigenvalue weighted by atomic mass is 10.3. The molecular weight excluding hydrogens is 206 g/mol. The summed E-state index contributed by atoms with van der Waals surface area (Å²) in [6, 6.07) is 12.2. The summed E-state index contributed by atoms with van der Waals surface area (Å²) in [6.07, 6.45) is 3.11. The Hall–Kier alpha value is -2.36. The largest absolute Gasteiger partial charge is 0.462 e. The van der Waals surface area contributed by atoms with E-state index in [4.69, 9.17) is 9.25 Å². The Morgan fingerprint density at radius 2 is 2.00 bits per heavy atom. The Kier molecular flexibility index (Phi) is 3.13. The van der Waals surface area contributed by atoms with Crippen molar-refractivity contribution >= 4 is 12.0 Å². The van der Waals surface area contributed by atoms with Crippen LogP contribution in [0, 0.1) is 0 Å². The minimum Gasteiger partial charge on any atom is -0.462 e. The standard InChI is InChI=1S/C12H8NO3/c14-9-11(12-7-4-8-15-12)13-16-10-5-2-1-3-6-10/h1-8H/b13-11-. The van der Waals surface area contributed by atoms with Crippen LogP contribution < -0.4 is 4.84 Å². The summed E-state index contributed by atoms with van der Waals surface area (Å²) in [5, 5.41) is 3.65. The molecule has 1 aromatic carbocycles. The normalized spacial score (nSPS) is 11.1. The maximum atomic E-state index is 10.6. The van der Waals surface area contributed by atoms with E-state index in [1.165, 1.54) is 6.26 Å². The molecule has 0 saturated carbocycles. The van der Waals surface area contributed by atoms with Crippen LogP contribution in [0.15, 0.2) is 58.3 Å². The molecule has 2 aromatic rings. The molecule has 1 radical (unpaired) electrons. The van der Waals surface area contributed by atoms with E-state index in [1.54, 1.807) is 30.6 Å². The Balaban J connectivity index is 2.14. The molecule has 0 unspecified atom stereocenters. The lowest BCUT2D eigenvalue weighted by molar-refractivity contribution is 0.341. The molecule has 16 heavy (non-hydrogen) atoms. The maximum absolute atomic E-state index is 10.6. The van der Waals surface area contributed by atoms with Crippen LogP contribution in [-0.2, 0) is 4.79 Å². The van der Waals surface area contributed by atoms with Gasteiger partial charge < -0.3 is 9.25 Å². The average molecular weight is 214 g/mol. The number of benzene rings is 1. The van der Waals surface area contributed by atoms with Crippen molar-refractivity contribution in [2.45, 2.75) is 0 Å². The van der Waals surface area contributed by atoms with Crippen LogP contribution in [0.5, 0.6) is 5.75 Å². The number of furan rings is 1. The monoisotopic (exact) mass is 214 g/mol. The predicted octanol–water partition coefficient (Wildman–Crippen LogP) is 2.17. The van der Waals surface area contributed by atoms with Crippen LogP contribution in [0.4, 0.5) is 0 Å². The molecule has 0 atom stereocenters. The van der Waals surface area contributed by atoms with Crippen molar-refractivity contribution in [2.75, 3.05) is 0 Å². The van der Waals surface area contributed by atoms with Crippen molar-refractivity contribution in [2.24, 2.45) is 5.16 Å². The first-order valence-electron chi connectivity index (χ1n) is 4.62. The summed E-state index contributed by atoms with van der Waals surface area (Å²) in [5.74, 6) is 0.868. The van der Waals surface area contributed by atoms with Crippen LogP contribution in [0.25, 0.3) is 0 Å². The smallest absolute Gasteiger partial charge is 0.261 e. The summed E-state index contributed by atoms with van der Waals surface area (Å²) >= 11 is 0. The first kappa shape index (κ1) is 10.2. The van der Waals surface area contributed by atoms with Gasteiger partial charge in [0.15, 0.2) is 17.2 Å². The van der Waals surface area contributed by atoms with Gasteiger partial charge in [0.2, 0.25) is 0 Å². The highest BCUT2D eigenvalue weighted by atomic mass is 16.6. The highest BCUT2D eigenvalue weighted by molar-refractivity contribution is 6.35. The van der Waals surface area contributed by atoms with Gasteiger partial charge in [-0.2, -0.15) is 0 Å². The van der Waals surface area contributed by atoms with Crippen LogP contribution in [0.1, 0.15) is 5.76 Å². The number of hydrogen-bond acceptors (Lipinski definition) is 4. The molecule has 0 saturated heterocycles. The molecule has 2 rings (SSSR count). The molecule has 0 amide bonds. The summed E-state index contributed by atoms with van der Waals surface area (Å²) in [4.78, 5) is 15.7. The molecule has 0 N–H and O–H groups in total. The van der Waals surface area contributed by atoms with E-state index in [0.717, 1.165) is 0 Å². The van der Waals surface area contributed by atoms with Crippen molar-refractivity contribution in [3.63, 3.8) is 0 Å². The maximum Gasteiger partial charge on any atom is 0.261 e. The second-order valence-corrected chi connectivity index (χ2v) is 2.92. The Bertz CT molecular complexity index is 474. The zero-order valence-electron chi connectivity index (χ0n) is 8.29. The number of para-hydroxylation sites is 1. The van der Waals surface area contributed by atoms with E-state index in [2.05, 4.69) is 5.16 Å². The average Bonchev–Trinajstić information content (AvgIpc) is 2.85. The summed E-state index contributed by atoms with van der Waals surface area (Å²) < 4.78 is 5.00. The Morgan fingerprint density at radius 1 is 1.19 bits per heavy atom. The number of oxime groups is 1. The molecule has 0 aliphatic heterocycles. The SMILES string of the molecule is O=[C]/C(=N/Oc1ccccc1)c1ccco1. The third kappa shape index (κ3) is 2.36. The summed E-state index contributed by atoms with van der Waals surface area (Å²) in [6.45, 7) is 0. The summed E-state index contributed by atoms with van der Waals surface area (Å²) in [7, 11) is 0. The molecule has 0 fully saturated rings. The number of carbonyl (C=O) groups excluding carboxylic acids is 1. The van der Waals surface area contributed by atoms with Gasteiger partial charge in [0.25, 0.3) is 6.29 Å². The van der Waals surface area contributed by atoms with Crippen molar-refractivity contribution in [3.05, 3.63) is 54.5 Å². The fraction of sp³-hybridized carbons (Fsp3) is 0. The van der Waals surface area contributed by atoms with Crippen molar-refractivity contribution in [3.8, 4) is 5.75 Å². The zero-order chi connectivity index (χ0) is 11.2. The summed E-state index contributed by atoms with van der Waals surface area (Å²) in [5.41, 5.74) is -0.00569. The number of nitrogens with zero attached hydrogens (tertiary/aromatic N) is 1. The van der Waals surface area contributed by atoms with Gasteiger partial charge in [-0.1, -0.05) is 23.4 Å². The molecule has 1 heterocycles. The number of rotatable bonds is 4. The second kappa shape index (κ2) is 4.93. The van der Waals surface area contributed by atoms with Crippen LogP contribution in [-0.4, -0.2) is 12.0 Å². The third-order valence-corrected chi connectivity index (χ3v) is 1.84. The van der Waals surface area contributed by atoms with Gasteiger partial charge in [-0.25, -0.2) is 0 Å². The molecule has 0 spiro atoms. The second-order valence-electron chi connectivity index (χ2n) is 2.92. The van der Waals surface area contributed by atoms with Gasteiger partial charge in [-0.05, 0) is 24.3 Å². The van der Waals surface area contributed by atoms with Crippen LogP contribution >= 0.6 is 0 Å². The molecule has 0 aliphatic carbocycles. The molecule has 1 aromatic heterocycles. The van der Waals surface area contributed by atoms with E-state index in [-0.39, 0.29) is 5.71 Å². The van der Waals surface area contributed by atoms with Gasteiger partial charge in [-0.3, -0.25) is 4.79 Å². The molecule has 79 valence electrons. The highest BCUT2D eigenvalue weighted by Gasteiger charge is 2.07. The van der Waals surface area contributed by atoms with Crippen molar-refractivity contribution in [1.29, 1.82) is 0 Å². The van der Waals surface area contributed by atoms with Crippen LogP contribution in [0.2, 0.25) is 0 Å². The van der Waals surface area contributed by atoms with Gasteiger partial charge >= 0.3 is 0 Å². The van der Waals surface area contributed by atoms with E-state index >= 15 is 0 Å². The van der Waals surface area contributed by atoms with Gasteiger partial charge in [0.05, 0.1) is 6.26 Å². The fourth-order valence-electron chi connectivity index (χ4n) is 1.11. The minimum atomic E-state index is -0.00569. The highest BCUT2D eigenvalue weighted by Crippen LogP contribution is 2.09. The van der Waals surface area contributed by atoms with E-state index < -0.39 is 0 Å². The fourth-order valence-corrected chi connectivity index (χ4v) is 1.11. The van der Waals surface area contributed by atoms with E-state index in [0.29, 0.717) is 11.5 Å². The minimum absolute atomic E-state index is 0.00569. The predicted molar refractivity (Wildman–Crippen MR) is 58.0 cm³/mol. The first-order valence-corrected chi connectivity index (χ1v) is 4.62. The molecule has 0 aliphatic rings. The lowest BCUT2D eigenvalue weighted by Gasteiger charge is -1.97. The van der Waals surface area contributed by atoms with Crippen molar-refractivity contribution < 1.29 is 14.0 Å². The Morgan fingerprint density at radius 3 is 2.62 bits per heavy atom. The topological polar surface area (TPSA) is 51.8 Å². The van der Waals surface area contributed by atoms with E-state index in [1.807, 2.05) is 18.2 Å². The van der Waals surface area contributed by atoms with Crippen LogP contribution in [0.3, 0.4) is 0 Å². The third-order valence-electron chi connectivity index (χ3n) is 1.84. The first-order chi connectivity index (χ1) is 7.90. The van der Waals surface area contributed by atoms with E-state index in [9.17, 15) is 4.79 Å². The zero-order valence-corrected chi connectivity index (χ0v) is 8.29. The molecule has 4 heteroatoms. The van der Waals surface area contributed by atoms with Crippen molar-refractivity contribution in [1.82, 2.24) is 0 Å². The molecule has 4 nitrogen and oxygen atoms in total. The lowest BCUT2D eigenvalue weighted by Crippen LogP contribution is -2.02. The van der Waals surface area contributed by atoms with Gasteiger partial charge in [0, 0.05) is 0 Å². The number of hydrogen-bond donors (Lipinski definition) is 0.